The lowest BCUT2D eigenvalue weighted by Gasteiger charge is -1.96. The fourth-order valence-electron chi connectivity index (χ4n) is 1.05. The average Bonchev–Trinajstić information content (AvgIpc) is 2.15. The number of aliphatic hydroxyl groups is 1. The van der Waals surface area contributed by atoms with Crippen LogP contribution in [-0.2, 0) is 6.61 Å². The Balaban J connectivity index is 2.79. The molecule has 0 amide bonds. The van der Waals surface area contributed by atoms with Crippen LogP contribution >= 0.6 is 0 Å². The lowest BCUT2D eigenvalue weighted by Crippen LogP contribution is -1.82. The molecule has 1 rings (SSSR count). The molecule has 1 N–H and O–H groups in total. The minimum absolute atomic E-state index is 0.119. The molecule has 0 heterocycles. The first-order valence-electron chi connectivity index (χ1n) is 4.23. The Kier molecular flexibility index (Phi) is 3.55. The summed E-state index contributed by atoms with van der Waals surface area (Å²) in [5.74, 6) is 0. The van der Waals surface area contributed by atoms with Crippen molar-refractivity contribution in [1.29, 1.82) is 0 Å². The van der Waals surface area contributed by atoms with E-state index in [4.69, 9.17) is 5.11 Å². The maximum Gasteiger partial charge on any atom is 0.0682 e. The minimum Gasteiger partial charge on any atom is -0.392 e. The van der Waals surface area contributed by atoms with Crippen LogP contribution in [0.5, 0.6) is 0 Å². The molecule has 0 saturated carbocycles. The van der Waals surface area contributed by atoms with Crippen molar-refractivity contribution >= 4 is 6.08 Å². The van der Waals surface area contributed by atoms with Gasteiger partial charge in [-0.2, -0.15) is 0 Å². The molecule has 0 aliphatic rings. The zero-order chi connectivity index (χ0) is 8.81. The number of allylic oxidation sites excluding steroid dienone is 1. The van der Waals surface area contributed by atoms with Crippen LogP contribution in [0, 0.1) is 0 Å². The SMILES string of the molecule is CC/C=C/c1cccc(CO)c1. The van der Waals surface area contributed by atoms with Gasteiger partial charge in [0.1, 0.15) is 0 Å². The van der Waals surface area contributed by atoms with E-state index < -0.39 is 0 Å². The van der Waals surface area contributed by atoms with Crippen molar-refractivity contribution in [2.45, 2.75) is 20.0 Å². The van der Waals surface area contributed by atoms with Gasteiger partial charge in [0.05, 0.1) is 6.61 Å². The summed E-state index contributed by atoms with van der Waals surface area (Å²) in [4.78, 5) is 0. The zero-order valence-electron chi connectivity index (χ0n) is 7.33. The fourth-order valence-corrected chi connectivity index (χ4v) is 1.05. The van der Waals surface area contributed by atoms with Gasteiger partial charge in [-0.1, -0.05) is 37.3 Å². The number of hydrogen-bond acceptors (Lipinski definition) is 1. The largest absolute Gasteiger partial charge is 0.392 e. The van der Waals surface area contributed by atoms with Crippen molar-refractivity contribution < 1.29 is 5.11 Å². The highest BCUT2D eigenvalue weighted by Gasteiger charge is 1.89. The van der Waals surface area contributed by atoms with Crippen molar-refractivity contribution in [3.63, 3.8) is 0 Å². The van der Waals surface area contributed by atoms with E-state index in [1.165, 1.54) is 0 Å². The summed E-state index contributed by atoms with van der Waals surface area (Å²) in [5.41, 5.74) is 2.12. The van der Waals surface area contributed by atoms with Crippen LogP contribution in [0.15, 0.2) is 30.3 Å². The predicted molar refractivity (Wildman–Crippen MR) is 51.7 cm³/mol. The number of aliphatic hydroxyl groups excluding tert-OH is 1. The average molecular weight is 162 g/mol. The molecule has 1 aromatic rings. The van der Waals surface area contributed by atoms with E-state index in [2.05, 4.69) is 19.1 Å². The third kappa shape index (κ3) is 2.51. The smallest absolute Gasteiger partial charge is 0.0682 e. The van der Waals surface area contributed by atoms with E-state index in [0.29, 0.717) is 0 Å². The van der Waals surface area contributed by atoms with E-state index in [-0.39, 0.29) is 6.61 Å². The van der Waals surface area contributed by atoms with Gasteiger partial charge in [0.25, 0.3) is 0 Å². The Bertz CT molecular complexity index is 263. The van der Waals surface area contributed by atoms with Gasteiger partial charge in [0.15, 0.2) is 0 Å². The fraction of sp³-hybridized carbons (Fsp3) is 0.273. The van der Waals surface area contributed by atoms with E-state index in [9.17, 15) is 0 Å². The second-order valence-corrected chi connectivity index (χ2v) is 2.71. The minimum atomic E-state index is 0.119. The van der Waals surface area contributed by atoms with Crippen LogP contribution in [-0.4, -0.2) is 5.11 Å². The van der Waals surface area contributed by atoms with Crippen LogP contribution in [0.4, 0.5) is 0 Å². The van der Waals surface area contributed by atoms with E-state index in [1.54, 1.807) is 0 Å². The summed E-state index contributed by atoms with van der Waals surface area (Å²) < 4.78 is 0. The molecular formula is C11H14O. The molecule has 1 heteroatoms. The highest BCUT2D eigenvalue weighted by molar-refractivity contribution is 5.50. The standard InChI is InChI=1S/C11H14O/c1-2-3-5-10-6-4-7-11(8-10)9-12/h3-8,12H,2,9H2,1H3/b5-3+. The lowest BCUT2D eigenvalue weighted by atomic mass is 10.1. The quantitative estimate of drug-likeness (QED) is 0.724. The first-order valence-corrected chi connectivity index (χ1v) is 4.23. The maximum atomic E-state index is 8.86. The molecule has 0 unspecified atom stereocenters. The van der Waals surface area contributed by atoms with Gasteiger partial charge in [0.2, 0.25) is 0 Å². The van der Waals surface area contributed by atoms with E-state index in [0.717, 1.165) is 17.5 Å². The van der Waals surface area contributed by atoms with Crippen molar-refractivity contribution in [1.82, 2.24) is 0 Å². The molecular weight excluding hydrogens is 148 g/mol. The number of rotatable bonds is 3. The third-order valence-electron chi connectivity index (χ3n) is 1.68. The van der Waals surface area contributed by atoms with E-state index in [1.807, 2.05) is 24.3 Å². The van der Waals surface area contributed by atoms with Crippen LogP contribution in [0.3, 0.4) is 0 Å². The Morgan fingerprint density at radius 3 is 2.92 bits per heavy atom. The Hall–Kier alpha value is -1.08. The Morgan fingerprint density at radius 1 is 1.42 bits per heavy atom. The second kappa shape index (κ2) is 4.73. The highest BCUT2D eigenvalue weighted by atomic mass is 16.3. The van der Waals surface area contributed by atoms with Crippen LogP contribution < -0.4 is 0 Å². The summed E-state index contributed by atoms with van der Waals surface area (Å²) in [6.07, 6.45) is 5.22. The molecule has 64 valence electrons. The molecule has 0 spiro atoms. The molecule has 0 bridgehead atoms. The molecule has 0 saturated heterocycles. The van der Waals surface area contributed by atoms with Gasteiger partial charge < -0.3 is 5.11 Å². The van der Waals surface area contributed by atoms with Crippen molar-refractivity contribution in [2.75, 3.05) is 0 Å². The number of hydrogen-bond donors (Lipinski definition) is 1. The molecule has 1 nitrogen and oxygen atoms in total. The van der Waals surface area contributed by atoms with Gasteiger partial charge in [-0.15, -0.1) is 0 Å². The maximum absolute atomic E-state index is 8.86. The predicted octanol–water partition coefficient (Wildman–Crippen LogP) is 2.60. The summed E-state index contributed by atoms with van der Waals surface area (Å²) in [5, 5.41) is 8.86. The van der Waals surface area contributed by atoms with Gasteiger partial charge in [-0.05, 0) is 23.6 Å². The second-order valence-electron chi connectivity index (χ2n) is 2.71. The monoisotopic (exact) mass is 162 g/mol. The Labute approximate surface area is 73.4 Å². The molecule has 0 aromatic heterocycles. The summed E-state index contributed by atoms with van der Waals surface area (Å²) in [6.45, 7) is 2.22. The van der Waals surface area contributed by atoms with Crippen molar-refractivity contribution in [3.8, 4) is 0 Å². The molecule has 1 aromatic carbocycles. The van der Waals surface area contributed by atoms with Crippen LogP contribution in [0.1, 0.15) is 24.5 Å². The van der Waals surface area contributed by atoms with Gasteiger partial charge in [-0.25, -0.2) is 0 Å². The molecule has 0 aliphatic heterocycles. The van der Waals surface area contributed by atoms with E-state index >= 15 is 0 Å². The first-order chi connectivity index (χ1) is 5.86. The molecule has 0 aliphatic carbocycles. The molecule has 0 atom stereocenters. The zero-order valence-corrected chi connectivity index (χ0v) is 7.33. The third-order valence-corrected chi connectivity index (χ3v) is 1.68. The summed E-state index contributed by atoms with van der Waals surface area (Å²) in [6, 6.07) is 7.90. The van der Waals surface area contributed by atoms with Crippen LogP contribution in [0.2, 0.25) is 0 Å². The van der Waals surface area contributed by atoms with Gasteiger partial charge in [-0.3, -0.25) is 0 Å². The topological polar surface area (TPSA) is 20.2 Å². The molecule has 0 radical (unpaired) electrons. The number of benzene rings is 1. The van der Waals surface area contributed by atoms with Gasteiger partial charge in [0, 0.05) is 0 Å². The van der Waals surface area contributed by atoms with Crippen molar-refractivity contribution in [3.05, 3.63) is 41.5 Å². The highest BCUT2D eigenvalue weighted by Crippen LogP contribution is 2.07. The lowest BCUT2D eigenvalue weighted by molar-refractivity contribution is 0.282. The van der Waals surface area contributed by atoms with Crippen molar-refractivity contribution in [2.24, 2.45) is 0 Å². The Morgan fingerprint density at radius 2 is 2.25 bits per heavy atom. The first kappa shape index (κ1) is 9.01. The summed E-state index contributed by atoms with van der Waals surface area (Å²) in [7, 11) is 0. The normalized spacial score (nSPS) is 10.8. The summed E-state index contributed by atoms with van der Waals surface area (Å²) >= 11 is 0. The van der Waals surface area contributed by atoms with Crippen LogP contribution in [0.25, 0.3) is 6.08 Å². The molecule has 12 heavy (non-hydrogen) atoms. The van der Waals surface area contributed by atoms with Gasteiger partial charge >= 0.3 is 0 Å². The molecule has 0 fully saturated rings.